The van der Waals surface area contributed by atoms with Gasteiger partial charge in [-0.15, -0.1) is 6.42 Å². The van der Waals surface area contributed by atoms with E-state index in [0.29, 0.717) is 11.7 Å². The van der Waals surface area contributed by atoms with Crippen LogP contribution in [-0.2, 0) is 7.05 Å². The quantitative estimate of drug-likeness (QED) is 0.552. The minimum absolute atomic E-state index is 0.447. The molecule has 0 saturated carbocycles. The van der Waals surface area contributed by atoms with Gasteiger partial charge in [-0.1, -0.05) is 13.8 Å². The fourth-order valence-corrected chi connectivity index (χ4v) is 0.902. The van der Waals surface area contributed by atoms with Crippen molar-refractivity contribution in [2.24, 2.45) is 7.05 Å². The van der Waals surface area contributed by atoms with Gasteiger partial charge in [-0.2, -0.15) is 0 Å². The molecular weight excluding hydrogens is 136 g/mol. The molecule has 58 valence electrons. The lowest BCUT2D eigenvalue weighted by Gasteiger charge is -1.94. The van der Waals surface area contributed by atoms with Crippen LogP contribution in [-0.4, -0.2) is 9.55 Å². The molecular formula is C9H12N2. The van der Waals surface area contributed by atoms with Crippen LogP contribution in [0.2, 0.25) is 0 Å². The lowest BCUT2D eigenvalue weighted by Crippen LogP contribution is -1.89. The number of nitrogens with zero attached hydrogens (tertiary/aromatic N) is 2. The monoisotopic (exact) mass is 148 g/mol. The molecule has 0 N–H and O–H groups in total. The Balaban J connectivity index is 3.07. The first-order valence-electron chi connectivity index (χ1n) is 3.65. The van der Waals surface area contributed by atoms with Crippen LogP contribution in [0.15, 0.2) is 6.20 Å². The third kappa shape index (κ3) is 1.43. The van der Waals surface area contributed by atoms with Crippen LogP contribution >= 0.6 is 0 Å². The summed E-state index contributed by atoms with van der Waals surface area (Å²) in [7, 11) is 1.91. The van der Waals surface area contributed by atoms with Crippen molar-refractivity contribution in [3.63, 3.8) is 0 Å². The Morgan fingerprint density at radius 3 is 2.55 bits per heavy atom. The van der Waals surface area contributed by atoms with E-state index in [1.165, 1.54) is 0 Å². The lowest BCUT2D eigenvalue weighted by molar-refractivity contribution is 0.829. The Labute approximate surface area is 67.3 Å². The first kappa shape index (κ1) is 7.87. The second-order valence-electron chi connectivity index (χ2n) is 2.90. The number of aromatic nitrogens is 2. The van der Waals surface area contributed by atoms with E-state index in [1.54, 1.807) is 0 Å². The van der Waals surface area contributed by atoms with E-state index in [-0.39, 0.29) is 0 Å². The predicted octanol–water partition coefficient (Wildman–Crippen LogP) is 1.52. The molecule has 1 rings (SSSR count). The summed E-state index contributed by atoms with van der Waals surface area (Å²) in [5.74, 6) is 3.67. The smallest absolute Gasteiger partial charge is 0.185 e. The van der Waals surface area contributed by atoms with E-state index in [0.717, 1.165) is 5.69 Å². The van der Waals surface area contributed by atoms with Crippen molar-refractivity contribution in [2.45, 2.75) is 19.8 Å². The molecule has 0 aliphatic heterocycles. The molecule has 11 heavy (non-hydrogen) atoms. The average Bonchev–Trinajstić information content (AvgIpc) is 2.31. The third-order valence-corrected chi connectivity index (χ3v) is 1.62. The minimum atomic E-state index is 0.447. The van der Waals surface area contributed by atoms with Crippen LogP contribution in [0, 0.1) is 12.3 Å². The summed E-state index contributed by atoms with van der Waals surface area (Å²) in [6.07, 6.45) is 7.20. The highest BCUT2D eigenvalue weighted by Gasteiger charge is 2.05. The topological polar surface area (TPSA) is 17.8 Å². The maximum atomic E-state index is 5.23. The first-order chi connectivity index (χ1) is 5.15. The Morgan fingerprint density at radius 2 is 2.27 bits per heavy atom. The van der Waals surface area contributed by atoms with Gasteiger partial charge in [0, 0.05) is 13.2 Å². The lowest BCUT2D eigenvalue weighted by atomic mass is 10.2. The second-order valence-corrected chi connectivity index (χ2v) is 2.90. The average molecular weight is 148 g/mol. The zero-order chi connectivity index (χ0) is 8.43. The van der Waals surface area contributed by atoms with Gasteiger partial charge in [0.2, 0.25) is 0 Å². The van der Waals surface area contributed by atoms with Gasteiger partial charge in [0.15, 0.2) is 5.82 Å². The van der Waals surface area contributed by atoms with Gasteiger partial charge >= 0.3 is 0 Å². The maximum Gasteiger partial charge on any atom is 0.185 e. The molecule has 0 unspecified atom stereocenters. The third-order valence-electron chi connectivity index (χ3n) is 1.62. The number of terminal acetylenes is 1. The number of rotatable bonds is 1. The molecule has 1 heterocycles. The SMILES string of the molecule is C#Cc1nc(C(C)C)cn1C. The molecule has 0 aromatic carbocycles. The molecule has 0 amide bonds. The van der Waals surface area contributed by atoms with E-state index in [9.17, 15) is 0 Å². The molecule has 0 bridgehead atoms. The second kappa shape index (κ2) is 2.79. The zero-order valence-corrected chi connectivity index (χ0v) is 7.13. The van der Waals surface area contributed by atoms with Crippen molar-refractivity contribution in [1.82, 2.24) is 9.55 Å². The fourth-order valence-electron chi connectivity index (χ4n) is 0.902. The number of aryl methyl sites for hydroxylation is 1. The summed E-state index contributed by atoms with van der Waals surface area (Å²) in [5, 5.41) is 0. The van der Waals surface area contributed by atoms with Gasteiger partial charge in [-0.05, 0) is 11.8 Å². The van der Waals surface area contributed by atoms with Crippen LogP contribution in [0.5, 0.6) is 0 Å². The number of hydrogen-bond donors (Lipinski definition) is 0. The Hall–Kier alpha value is -1.23. The van der Waals surface area contributed by atoms with Crippen molar-refractivity contribution >= 4 is 0 Å². The molecule has 0 fully saturated rings. The number of hydrogen-bond acceptors (Lipinski definition) is 1. The van der Waals surface area contributed by atoms with Crippen molar-refractivity contribution in [3.8, 4) is 12.3 Å². The molecule has 2 heteroatoms. The summed E-state index contributed by atoms with van der Waals surface area (Å²) in [6.45, 7) is 4.20. The molecule has 0 aliphatic carbocycles. The maximum absolute atomic E-state index is 5.23. The van der Waals surface area contributed by atoms with E-state index < -0.39 is 0 Å². The summed E-state index contributed by atoms with van der Waals surface area (Å²) < 4.78 is 1.87. The van der Waals surface area contributed by atoms with E-state index >= 15 is 0 Å². The van der Waals surface area contributed by atoms with E-state index in [2.05, 4.69) is 24.8 Å². The van der Waals surface area contributed by atoms with Crippen LogP contribution in [0.1, 0.15) is 31.3 Å². The molecule has 0 aliphatic rings. The van der Waals surface area contributed by atoms with Crippen molar-refractivity contribution in [2.75, 3.05) is 0 Å². The predicted molar refractivity (Wildman–Crippen MR) is 45.2 cm³/mol. The van der Waals surface area contributed by atoms with Gasteiger partial charge < -0.3 is 4.57 Å². The molecule has 1 aromatic rings. The zero-order valence-electron chi connectivity index (χ0n) is 7.13. The van der Waals surface area contributed by atoms with Crippen LogP contribution in [0.25, 0.3) is 0 Å². The minimum Gasteiger partial charge on any atom is -0.327 e. The highest BCUT2D eigenvalue weighted by molar-refractivity contribution is 5.21. The van der Waals surface area contributed by atoms with Gasteiger partial charge in [0.25, 0.3) is 0 Å². The summed E-state index contributed by atoms with van der Waals surface area (Å²) in [5.41, 5.74) is 1.06. The highest BCUT2D eigenvalue weighted by Crippen LogP contribution is 2.11. The van der Waals surface area contributed by atoms with Crippen molar-refractivity contribution in [3.05, 3.63) is 17.7 Å². The Kier molecular flexibility index (Phi) is 2.00. The van der Waals surface area contributed by atoms with Crippen molar-refractivity contribution < 1.29 is 0 Å². The summed E-state index contributed by atoms with van der Waals surface area (Å²) in [6, 6.07) is 0. The first-order valence-corrected chi connectivity index (χ1v) is 3.65. The van der Waals surface area contributed by atoms with Crippen LogP contribution < -0.4 is 0 Å². The van der Waals surface area contributed by atoms with Gasteiger partial charge in [-0.25, -0.2) is 4.98 Å². The molecule has 0 radical (unpaired) electrons. The standard InChI is InChI=1S/C9H12N2/c1-5-9-10-8(7(2)3)6-11(9)4/h1,6-7H,2-4H3. The van der Waals surface area contributed by atoms with Gasteiger partial charge in [0.1, 0.15) is 0 Å². The molecule has 0 spiro atoms. The Bertz CT molecular complexity index is 289. The molecule has 2 nitrogen and oxygen atoms in total. The largest absolute Gasteiger partial charge is 0.327 e. The summed E-state index contributed by atoms with van der Waals surface area (Å²) >= 11 is 0. The molecule has 1 aromatic heterocycles. The fraction of sp³-hybridized carbons (Fsp3) is 0.444. The number of imidazole rings is 1. The molecule has 0 saturated heterocycles. The van der Waals surface area contributed by atoms with Gasteiger partial charge in [0.05, 0.1) is 5.69 Å². The normalized spacial score (nSPS) is 10.1. The van der Waals surface area contributed by atoms with E-state index in [4.69, 9.17) is 6.42 Å². The van der Waals surface area contributed by atoms with Crippen LogP contribution in [0.3, 0.4) is 0 Å². The van der Waals surface area contributed by atoms with Crippen LogP contribution in [0.4, 0.5) is 0 Å². The molecule has 0 atom stereocenters. The van der Waals surface area contributed by atoms with Crippen molar-refractivity contribution in [1.29, 1.82) is 0 Å². The Morgan fingerprint density at radius 1 is 1.64 bits per heavy atom. The van der Waals surface area contributed by atoms with Gasteiger partial charge in [-0.3, -0.25) is 0 Å². The highest BCUT2D eigenvalue weighted by atomic mass is 15.0. The summed E-state index contributed by atoms with van der Waals surface area (Å²) in [4.78, 5) is 4.25. The van der Waals surface area contributed by atoms with E-state index in [1.807, 2.05) is 17.8 Å².